The molecular formula is C11H10N4O. The number of H-pyrrole nitrogens is 1. The molecular weight excluding hydrogens is 204 g/mol. The molecule has 0 saturated heterocycles. The van der Waals surface area contributed by atoms with Crippen LogP contribution in [0.5, 0.6) is 0 Å². The quantitative estimate of drug-likeness (QED) is 0.779. The molecule has 0 unspecified atom stereocenters. The minimum atomic E-state index is 0.0278. The second-order valence-electron chi connectivity index (χ2n) is 3.95. The van der Waals surface area contributed by atoms with Crippen molar-refractivity contribution >= 4 is 5.78 Å². The minimum Gasteiger partial charge on any atom is -0.294 e. The zero-order chi connectivity index (χ0) is 11.0. The molecule has 1 aromatic heterocycles. The zero-order valence-corrected chi connectivity index (χ0v) is 8.50. The fraction of sp³-hybridized carbons (Fsp3) is 0.273. The Balaban J connectivity index is 1.76. The van der Waals surface area contributed by atoms with Gasteiger partial charge in [-0.15, -0.1) is 10.2 Å². The van der Waals surface area contributed by atoms with Gasteiger partial charge in [-0.1, -0.05) is 35.5 Å². The maximum absolute atomic E-state index is 12.0. The van der Waals surface area contributed by atoms with E-state index in [4.69, 9.17) is 0 Å². The van der Waals surface area contributed by atoms with Gasteiger partial charge in [0.1, 0.15) is 0 Å². The molecule has 0 radical (unpaired) electrons. The Morgan fingerprint density at radius 3 is 2.81 bits per heavy atom. The van der Waals surface area contributed by atoms with Gasteiger partial charge < -0.3 is 0 Å². The number of carbonyl (C=O) groups excluding carboxylic acids is 1. The van der Waals surface area contributed by atoms with Gasteiger partial charge in [-0.25, -0.2) is 0 Å². The zero-order valence-electron chi connectivity index (χ0n) is 8.50. The van der Waals surface area contributed by atoms with Crippen molar-refractivity contribution in [1.82, 2.24) is 20.6 Å². The predicted octanol–water partition coefficient (Wildman–Crippen LogP) is 1.19. The first-order valence-electron chi connectivity index (χ1n) is 5.19. The van der Waals surface area contributed by atoms with Gasteiger partial charge in [-0.3, -0.25) is 4.79 Å². The molecule has 1 fully saturated rings. The van der Waals surface area contributed by atoms with Gasteiger partial charge in [0, 0.05) is 17.4 Å². The smallest absolute Gasteiger partial charge is 0.178 e. The Hall–Kier alpha value is -2.04. The molecule has 80 valence electrons. The third kappa shape index (κ3) is 1.50. The van der Waals surface area contributed by atoms with E-state index in [9.17, 15) is 4.79 Å². The van der Waals surface area contributed by atoms with Crippen molar-refractivity contribution in [3.05, 3.63) is 41.7 Å². The summed E-state index contributed by atoms with van der Waals surface area (Å²) in [5.74, 6) is 0.996. The Kier molecular flexibility index (Phi) is 2.02. The number of Topliss-reactive ketones (excluding diaryl/α,β-unsaturated/α-hetero) is 1. The van der Waals surface area contributed by atoms with Crippen LogP contribution in [-0.2, 0) is 0 Å². The number of aromatic amines is 1. The first-order valence-corrected chi connectivity index (χ1v) is 5.19. The molecule has 0 amide bonds. The molecule has 1 aliphatic rings. The van der Waals surface area contributed by atoms with Crippen LogP contribution in [0.4, 0.5) is 0 Å². The van der Waals surface area contributed by atoms with Gasteiger partial charge in [0.05, 0.1) is 0 Å². The molecule has 0 bridgehead atoms. The summed E-state index contributed by atoms with van der Waals surface area (Å²) in [5, 5.41) is 13.7. The van der Waals surface area contributed by atoms with Gasteiger partial charge in [0.2, 0.25) is 0 Å². The Bertz CT molecular complexity index is 494. The number of aromatic nitrogens is 4. The lowest BCUT2D eigenvalue weighted by atomic mass is 10.1. The number of rotatable bonds is 3. The fourth-order valence-corrected chi connectivity index (χ4v) is 1.91. The molecule has 0 aliphatic heterocycles. The topological polar surface area (TPSA) is 71.5 Å². The molecule has 1 saturated carbocycles. The number of nitrogens with zero attached hydrogens (tertiary/aromatic N) is 3. The summed E-state index contributed by atoms with van der Waals surface area (Å²) in [5.41, 5.74) is 0.762. The van der Waals surface area contributed by atoms with Crippen molar-refractivity contribution in [3.8, 4) is 0 Å². The van der Waals surface area contributed by atoms with Crippen LogP contribution in [0.15, 0.2) is 30.3 Å². The van der Waals surface area contributed by atoms with Crippen molar-refractivity contribution in [1.29, 1.82) is 0 Å². The van der Waals surface area contributed by atoms with E-state index in [2.05, 4.69) is 20.6 Å². The molecule has 16 heavy (non-hydrogen) atoms. The summed E-state index contributed by atoms with van der Waals surface area (Å²) in [6, 6.07) is 9.33. The van der Waals surface area contributed by atoms with E-state index in [0.717, 1.165) is 12.0 Å². The Morgan fingerprint density at radius 1 is 1.31 bits per heavy atom. The van der Waals surface area contributed by atoms with Gasteiger partial charge in [-0.2, -0.15) is 5.21 Å². The van der Waals surface area contributed by atoms with Crippen molar-refractivity contribution < 1.29 is 4.79 Å². The lowest BCUT2D eigenvalue weighted by molar-refractivity contribution is 0.0965. The van der Waals surface area contributed by atoms with Crippen molar-refractivity contribution in [2.24, 2.45) is 5.92 Å². The normalized spacial score (nSPS) is 23.0. The highest BCUT2D eigenvalue weighted by Crippen LogP contribution is 2.47. The molecule has 3 rings (SSSR count). The monoisotopic (exact) mass is 214 g/mol. The number of tetrazole rings is 1. The SMILES string of the molecule is O=C(c1ccccc1)[C@H]1C[C@@H]1c1nn[nH]n1. The first kappa shape index (κ1) is 9.21. The third-order valence-corrected chi connectivity index (χ3v) is 2.88. The van der Waals surface area contributed by atoms with E-state index in [1.54, 1.807) is 0 Å². The maximum atomic E-state index is 12.0. The standard InChI is InChI=1S/C11H10N4O/c16-10(7-4-2-1-3-5-7)8-6-9(8)11-12-14-15-13-11/h1-5,8-9H,6H2,(H,12,13,14,15)/t8-,9-/m0/s1. The van der Waals surface area contributed by atoms with Crippen molar-refractivity contribution in [3.63, 3.8) is 0 Å². The van der Waals surface area contributed by atoms with E-state index in [1.165, 1.54) is 0 Å². The van der Waals surface area contributed by atoms with Crippen LogP contribution in [0.3, 0.4) is 0 Å². The summed E-state index contributed by atoms with van der Waals surface area (Å²) in [6.07, 6.45) is 0.827. The van der Waals surface area contributed by atoms with Crippen LogP contribution >= 0.6 is 0 Å². The number of ketones is 1. The second-order valence-corrected chi connectivity index (χ2v) is 3.95. The van der Waals surface area contributed by atoms with Crippen LogP contribution in [0.1, 0.15) is 28.5 Å². The molecule has 0 spiro atoms. The van der Waals surface area contributed by atoms with E-state index in [-0.39, 0.29) is 17.6 Å². The highest BCUT2D eigenvalue weighted by Gasteiger charge is 2.46. The van der Waals surface area contributed by atoms with E-state index in [0.29, 0.717) is 5.82 Å². The maximum Gasteiger partial charge on any atom is 0.178 e. The van der Waals surface area contributed by atoms with Gasteiger partial charge in [0.25, 0.3) is 0 Å². The van der Waals surface area contributed by atoms with Crippen LogP contribution in [0, 0.1) is 5.92 Å². The number of benzene rings is 1. The molecule has 2 aromatic rings. The lowest BCUT2D eigenvalue weighted by Crippen LogP contribution is -2.03. The first-order chi connectivity index (χ1) is 7.86. The van der Waals surface area contributed by atoms with Crippen molar-refractivity contribution in [2.75, 3.05) is 0 Å². The van der Waals surface area contributed by atoms with Crippen LogP contribution in [0.25, 0.3) is 0 Å². The molecule has 1 aliphatic carbocycles. The molecule has 2 atom stereocenters. The molecule has 5 nitrogen and oxygen atoms in total. The molecule has 5 heteroatoms. The largest absolute Gasteiger partial charge is 0.294 e. The molecule has 1 heterocycles. The highest BCUT2D eigenvalue weighted by molar-refractivity contribution is 6.00. The number of nitrogens with one attached hydrogen (secondary N) is 1. The van der Waals surface area contributed by atoms with Crippen LogP contribution in [0.2, 0.25) is 0 Å². The fourth-order valence-electron chi connectivity index (χ4n) is 1.91. The van der Waals surface area contributed by atoms with Crippen LogP contribution < -0.4 is 0 Å². The van der Waals surface area contributed by atoms with Gasteiger partial charge in [0.15, 0.2) is 11.6 Å². The Labute approximate surface area is 91.9 Å². The summed E-state index contributed by atoms with van der Waals surface area (Å²) in [7, 11) is 0. The summed E-state index contributed by atoms with van der Waals surface area (Å²) in [6.45, 7) is 0. The lowest BCUT2D eigenvalue weighted by Gasteiger charge is -1.97. The summed E-state index contributed by atoms with van der Waals surface area (Å²) < 4.78 is 0. The summed E-state index contributed by atoms with van der Waals surface area (Å²) >= 11 is 0. The van der Waals surface area contributed by atoms with E-state index < -0.39 is 0 Å². The van der Waals surface area contributed by atoms with Gasteiger partial charge >= 0.3 is 0 Å². The van der Waals surface area contributed by atoms with Crippen molar-refractivity contribution in [2.45, 2.75) is 12.3 Å². The minimum absolute atomic E-state index is 0.0278. The molecule has 1 aromatic carbocycles. The Morgan fingerprint density at radius 2 is 2.12 bits per heavy atom. The average Bonchev–Trinajstić information content (AvgIpc) is 2.95. The predicted molar refractivity (Wildman–Crippen MR) is 55.8 cm³/mol. The van der Waals surface area contributed by atoms with E-state index in [1.807, 2.05) is 30.3 Å². The molecule has 1 N–H and O–H groups in total. The van der Waals surface area contributed by atoms with E-state index >= 15 is 0 Å². The second kappa shape index (κ2) is 3.52. The number of hydrogen-bond donors (Lipinski definition) is 1. The third-order valence-electron chi connectivity index (χ3n) is 2.88. The van der Waals surface area contributed by atoms with Crippen LogP contribution in [-0.4, -0.2) is 26.4 Å². The number of hydrogen-bond acceptors (Lipinski definition) is 4. The van der Waals surface area contributed by atoms with Gasteiger partial charge in [-0.05, 0) is 6.42 Å². The highest BCUT2D eigenvalue weighted by atomic mass is 16.1. The summed E-state index contributed by atoms with van der Waals surface area (Å²) in [4.78, 5) is 12.0. The number of carbonyl (C=O) groups is 1. The average molecular weight is 214 g/mol.